The van der Waals surface area contributed by atoms with Gasteiger partial charge < -0.3 is 5.32 Å². The van der Waals surface area contributed by atoms with Crippen LogP contribution in [-0.2, 0) is 15.6 Å². The van der Waals surface area contributed by atoms with Crippen LogP contribution in [0.15, 0.2) is 40.7 Å². The van der Waals surface area contributed by atoms with Crippen molar-refractivity contribution in [1.82, 2.24) is 9.71 Å². The highest BCUT2D eigenvalue weighted by molar-refractivity contribution is 7.89. The summed E-state index contributed by atoms with van der Waals surface area (Å²) in [5.74, 6) is 0. The van der Waals surface area contributed by atoms with Gasteiger partial charge in [-0.2, -0.15) is 4.72 Å². The normalized spacial score (nSPS) is 12.3. The van der Waals surface area contributed by atoms with E-state index in [1.165, 1.54) is 11.3 Å². The molecular weight excluding hydrogens is 294 g/mol. The fourth-order valence-corrected chi connectivity index (χ4v) is 3.93. The molecule has 1 aromatic carbocycles. The second-order valence-electron chi connectivity index (χ2n) is 4.84. The molecule has 7 heteroatoms. The Bertz CT molecular complexity index is 662. The molecule has 0 aliphatic carbocycles. The number of thiazole rings is 1. The Morgan fingerprint density at radius 2 is 1.85 bits per heavy atom. The third-order valence-corrected chi connectivity index (χ3v) is 5.58. The van der Waals surface area contributed by atoms with Crippen molar-refractivity contribution < 1.29 is 8.42 Å². The lowest BCUT2D eigenvalue weighted by Gasteiger charge is -2.23. The van der Waals surface area contributed by atoms with Gasteiger partial charge in [-0.05, 0) is 38.1 Å². The standard InChI is InChI=1S/C13H17N3O2S2/c1-13(2,12-15-8-9-19-12)16-20(17,18)11-6-4-10(14-3)5-7-11/h4-9,14,16H,1-3H3. The topological polar surface area (TPSA) is 71.1 Å². The summed E-state index contributed by atoms with van der Waals surface area (Å²) in [5.41, 5.74) is 0.123. The van der Waals surface area contributed by atoms with Crippen LogP contribution < -0.4 is 10.0 Å². The Hall–Kier alpha value is -1.44. The maximum Gasteiger partial charge on any atom is 0.241 e. The molecule has 0 atom stereocenters. The van der Waals surface area contributed by atoms with Crippen molar-refractivity contribution in [3.8, 4) is 0 Å². The first-order valence-electron chi connectivity index (χ1n) is 6.07. The zero-order chi connectivity index (χ0) is 14.8. The van der Waals surface area contributed by atoms with E-state index in [0.717, 1.165) is 10.7 Å². The summed E-state index contributed by atoms with van der Waals surface area (Å²) in [6.45, 7) is 3.59. The second kappa shape index (κ2) is 5.51. The predicted octanol–water partition coefficient (Wildman–Crippen LogP) is 2.40. The molecule has 2 aromatic rings. The number of nitrogens with one attached hydrogen (secondary N) is 2. The Balaban J connectivity index is 2.26. The van der Waals surface area contributed by atoms with Crippen LogP contribution in [0.2, 0.25) is 0 Å². The highest BCUT2D eigenvalue weighted by Gasteiger charge is 2.29. The molecule has 108 valence electrons. The molecule has 0 bridgehead atoms. The van der Waals surface area contributed by atoms with E-state index >= 15 is 0 Å². The number of rotatable bonds is 5. The van der Waals surface area contributed by atoms with Gasteiger partial charge in [0.2, 0.25) is 10.0 Å². The minimum Gasteiger partial charge on any atom is -0.388 e. The number of hydrogen-bond donors (Lipinski definition) is 2. The lowest BCUT2D eigenvalue weighted by atomic mass is 10.1. The van der Waals surface area contributed by atoms with E-state index < -0.39 is 15.6 Å². The van der Waals surface area contributed by atoms with E-state index in [2.05, 4.69) is 15.0 Å². The van der Waals surface area contributed by atoms with Gasteiger partial charge in [0.05, 0.1) is 10.4 Å². The Kier molecular flexibility index (Phi) is 4.12. The third kappa shape index (κ3) is 3.17. The highest BCUT2D eigenvalue weighted by Crippen LogP contribution is 2.25. The smallest absolute Gasteiger partial charge is 0.241 e. The summed E-state index contributed by atoms with van der Waals surface area (Å²) in [5, 5.41) is 5.51. The summed E-state index contributed by atoms with van der Waals surface area (Å²) in [6.07, 6.45) is 1.66. The lowest BCUT2D eigenvalue weighted by Crippen LogP contribution is -2.40. The monoisotopic (exact) mass is 311 g/mol. The van der Waals surface area contributed by atoms with Crippen LogP contribution in [0, 0.1) is 0 Å². The summed E-state index contributed by atoms with van der Waals surface area (Å²) in [4.78, 5) is 4.41. The van der Waals surface area contributed by atoms with E-state index in [4.69, 9.17) is 0 Å². The molecule has 0 saturated carbocycles. The van der Waals surface area contributed by atoms with Gasteiger partial charge >= 0.3 is 0 Å². The SMILES string of the molecule is CNc1ccc(S(=O)(=O)NC(C)(C)c2nccs2)cc1. The average Bonchev–Trinajstić information content (AvgIpc) is 2.92. The van der Waals surface area contributed by atoms with Crippen LogP contribution in [0.5, 0.6) is 0 Å². The first-order valence-corrected chi connectivity index (χ1v) is 8.43. The van der Waals surface area contributed by atoms with Crippen LogP contribution in [0.25, 0.3) is 0 Å². The zero-order valence-electron chi connectivity index (χ0n) is 11.5. The Morgan fingerprint density at radius 1 is 1.20 bits per heavy atom. The van der Waals surface area contributed by atoms with Crippen molar-refractivity contribution in [3.63, 3.8) is 0 Å². The molecule has 0 aliphatic rings. The first-order chi connectivity index (χ1) is 9.35. The van der Waals surface area contributed by atoms with Gasteiger partial charge in [0.25, 0.3) is 0 Å². The predicted molar refractivity (Wildman–Crippen MR) is 81.5 cm³/mol. The summed E-state index contributed by atoms with van der Waals surface area (Å²) in [6, 6.07) is 6.61. The molecule has 2 rings (SSSR count). The van der Waals surface area contributed by atoms with Gasteiger partial charge in [0, 0.05) is 24.3 Å². The maximum atomic E-state index is 12.4. The van der Waals surface area contributed by atoms with Crippen molar-refractivity contribution >= 4 is 27.0 Å². The van der Waals surface area contributed by atoms with Crippen LogP contribution in [-0.4, -0.2) is 20.4 Å². The van der Waals surface area contributed by atoms with Gasteiger partial charge in [-0.1, -0.05) is 0 Å². The minimum atomic E-state index is -3.58. The number of aromatic nitrogens is 1. The third-order valence-electron chi connectivity index (χ3n) is 2.81. The van der Waals surface area contributed by atoms with Crippen molar-refractivity contribution in [3.05, 3.63) is 40.8 Å². The van der Waals surface area contributed by atoms with Crippen molar-refractivity contribution in [1.29, 1.82) is 0 Å². The van der Waals surface area contributed by atoms with Crippen molar-refractivity contribution in [2.24, 2.45) is 0 Å². The van der Waals surface area contributed by atoms with E-state index in [9.17, 15) is 8.42 Å². The molecule has 2 N–H and O–H groups in total. The number of benzene rings is 1. The number of hydrogen-bond acceptors (Lipinski definition) is 5. The van der Waals surface area contributed by atoms with Crippen LogP contribution in [0.3, 0.4) is 0 Å². The van der Waals surface area contributed by atoms with Gasteiger partial charge in [0.1, 0.15) is 5.01 Å². The number of anilines is 1. The first kappa shape index (κ1) is 15.0. The largest absolute Gasteiger partial charge is 0.388 e. The quantitative estimate of drug-likeness (QED) is 0.889. The Labute approximate surface area is 123 Å². The number of sulfonamides is 1. The molecule has 1 aromatic heterocycles. The molecule has 1 heterocycles. The van der Waals surface area contributed by atoms with Crippen LogP contribution >= 0.6 is 11.3 Å². The summed E-state index contributed by atoms with van der Waals surface area (Å²) >= 11 is 1.42. The fourth-order valence-electron chi connectivity index (χ4n) is 1.77. The molecule has 0 unspecified atom stereocenters. The molecule has 0 fully saturated rings. The summed E-state index contributed by atoms with van der Waals surface area (Å²) < 4.78 is 27.5. The van der Waals surface area contributed by atoms with Crippen LogP contribution in [0.4, 0.5) is 5.69 Å². The fraction of sp³-hybridized carbons (Fsp3) is 0.308. The van der Waals surface area contributed by atoms with Gasteiger partial charge in [-0.3, -0.25) is 0 Å². The molecule has 0 radical (unpaired) electrons. The molecular formula is C13H17N3O2S2. The highest BCUT2D eigenvalue weighted by atomic mass is 32.2. The van der Waals surface area contributed by atoms with E-state index in [1.54, 1.807) is 51.4 Å². The lowest BCUT2D eigenvalue weighted by molar-refractivity contribution is 0.470. The molecule has 0 amide bonds. The van der Waals surface area contributed by atoms with Gasteiger partial charge in [0.15, 0.2) is 0 Å². The van der Waals surface area contributed by atoms with Gasteiger partial charge in [-0.15, -0.1) is 11.3 Å². The number of nitrogens with zero attached hydrogens (tertiary/aromatic N) is 1. The maximum absolute atomic E-state index is 12.4. The van der Waals surface area contributed by atoms with Crippen LogP contribution in [0.1, 0.15) is 18.9 Å². The van der Waals surface area contributed by atoms with E-state index in [1.807, 2.05) is 5.38 Å². The van der Waals surface area contributed by atoms with Crippen molar-refractivity contribution in [2.75, 3.05) is 12.4 Å². The Morgan fingerprint density at radius 3 is 2.35 bits per heavy atom. The molecule has 5 nitrogen and oxygen atoms in total. The molecule has 0 spiro atoms. The average molecular weight is 311 g/mol. The molecule has 0 aliphatic heterocycles. The molecule has 20 heavy (non-hydrogen) atoms. The van der Waals surface area contributed by atoms with E-state index in [-0.39, 0.29) is 4.90 Å². The molecule has 0 saturated heterocycles. The van der Waals surface area contributed by atoms with Crippen molar-refractivity contribution in [2.45, 2.75) is 24.3 Å². The van der Waals surface area contributed by atoms with E-state index in [0.29, 0.717) is 0 Å². The minimum absolute atomic E-state index is 0.237. The zero-order valence-corrected chi connectivity index (χ0v) is 13.2. The summed E-state index contributed by atoms with van der Waals surface area (Å²) in [7, 11) is -1.80. The second-order valence-corrected chi connectivity index (χ2v) is 7.42. The van der Waals surface area contributed by atoms with Gasteiger partial charge in [-0.25, -0.2) is 13.4 Å².